The fraction of sp³-hybridized carbons (Fsp3) is 0.611. The quantitative estimate of drug-likeness (QED) is 0.912. The first-order valence-electron chi connectivity index (χ1n) is 8.37. The van der Waals surface area contributed by atoms with Gasteiger partial charge >= 0.3 is 0 Å². The van der Waals surface area contributed by atoms with Crippen LogP contribution in [0.25, 0.3) is 0 Å². The molecule has 0 saturated carbocycles. The second-order valence-corrected chi connectivity index (χ2v) is 6.66. The molecule has 2 aliphatic heterocycles. The van der Waals surface area contributed by atoms with Crippen LogP contribution in [0.15, 0.2) is 30.3 Å². The predicted octanol–water partition coefficient (Wildman–Crippen LogP) is 2.35. The average Bonchev–Trinajstić information content (AvgIpc) is 2.57. The van der Waals surface area contributed by atoms with E-state index in [1.807, 2.05) is 23.1 Å². The molecule has 0 aliphatic carbocycles. The van der Waals surface area contributed by atoms with Crippen LogP contribution in [0.4, 0.5) is 0 Å². The van der Waals surface area contributed by atoms with Crippen molar-refractivity contribution in [1.82, 2.24) is 4.90 Å². The summed E-state index contributed by atoms with van der Waals surface area (Å²) in [7, 11) is 0. The average molecular weight is 302 g/mol. The van der Waals surface area contributed by atoms with Crippen LogP contribution in [0.1, 0.15) is 37.9 Å². The number of hydrogen-bond donors (Lipinski definition) is 1. The van der Waals surface area contributed by atoms with Gasteiger partial charge in [0.15, 0.2) is 0 Å². The molecule has 2 aliphatic rings. The lowest BCUT2D eigenvalue weighted by Crippen LogP contribution is -2.51. The number of rotatable bonds is 2. The third-order valence-electron chi connectivity index (χ3n) is 5.05. The number of nitrogens with zero attached hydrogens (tertiary/aromatic N) is 1. The van der Waals surface area contributed by atoms with Crippen LogP contribution in [0.5, 0.6) is 0 Å². The Labute approximate surface area is 132 Å². The van der Waals surface area contributed by atoms with Gasteiger partial charge < -0.3 is 15.4 Å². The van der Waals surface area contributed by atoms with E-state index in [4.69, 9.17) is 10.5 Å². The first-order valence-corrected chi connectivity index (χ1v) is 8.37. The van der Waals surface area contributed by atoms with Crippen molar-refractivity contribution >= 4 is 5.91 Å². The second-order valence-electron chi connectivity index (χ2n) is 6.66. The number of ether oxygens (including phenoxy) is 1. The van der Waals surface area contributed by atoms with Gasteiger partial charge in [-0.1, -0.05) is 37.3 Å². The van der Waals surface area contributed by atoms with Crippen LogP contribution in [0.2, 0.25) is 0 Å². The van der Waals surface area contributed by atoms with Crippen molar-refractivity contribution in [2.45, 2.75) is 38.3 Å². The van der Waals surface area contributed by atoms with Crippen LogP contribution >= 0.6 is 0 Å². The molecule has 2 heterocycles. The lowest BCUT2D eigenvalue weighted by Gasteiger charge is -2.39. The molecule has 4 heteroatoms. The predicted molar refractivity (Wildman–Crippen MR) is 86.2 cm³/mol. The number of carbonyl (C=O) groups excluding carboxylic acids is 1. The molecule has 1 amide bonds. The number of piperidine rings is 1. The van der Waals surface area contributed by atoms with E-state index >= 15 is 0 Å². The van der Waals surface area contributed by atoms with Gasteiger partial charge in [0.2, 0.25) is 5.91 Å². The molecule has 4 unspecified atom stereocenters. The van der Waals surface area contributed by atoms with Crippen LogP contribution in [-0.4, -0.2) is 36.5 Å². The van der Waals surface area contributed by atoms with Crippen molar-refractivity contribution in [2.75, 3.05) is 19.7 Å². The number of nitrogens with two attached hydrogens (primary N) is 1. The summed E-state index contributed by atoms with van der Waals surface area (Å²) in [5, 5.41) is 0. The number of likely N-dealkylation sites (tertiary alicyclic amines) is 1. The molecule has 22 heavy (non-hydrogen) atoms. The molecule has 4 atom stereocenters. The highest BCUT2D eigenvalue weighted by Gasteiger charge is 2.37. The highest BCUT2D eigenvalue weighted by molar-refractivity contribution is 5.80. The van der Waals surface area contributed by atoms with E-state index in [-0.39, 0.29) is 24.0 Å². The Balaban J connectivity index is 1.74. The summed E-state index contributed by atoms with van der Waals surface area (Å²) in [4.78, 5) is 15.0. The van der Waals surface area contributed by atoms with E-state index in [1.54, 1.807) is 0 Å². The molecule has 0 aromatic heterocycles. The summed E-state index contributed by atoms with van der Waals surface area (Å²) in [6.07, 6.45) is 2.67. The minimum atomic E-state index is -0.103. The molecule has 0 radical (unpaired) electrons. The Morgan fingerprint density at radius 3 is 2.77 bits per heavy atom. The first-order chi connectivity index (χ1) is 10.7. The molecular weight excluding hydrogens is 276 g/mol. The van der Waals surface area contributed by atoms with E-state index in [9.17, 15) is 4.79 Å². The maximum absolute atomic E-state index is 13.0. The number of carbonyl (C=O) groups is 1. The first kappa shape index (κ1) is 15.5. The zero-order valence-electron chi connectivity index (χ0n) is 13.3. The summed E-state index contributed by atoms with van der Waals surface area (Å²) in [6, 6.07) is 10.4. The maximum Gasteiger partial charge on any atom is 0.228 e. The lowest BCUT2D eigenvalue weighted by atomic mass is 9.86. The third-order valence-corrected chi connectivity index (χ3v) is 5.05. The Hall–Kier alpha value is -1.39. The van der Waals surface area contributed by atoms with E-state index in [0.29, 0.717) is 5.92 Å². The number of amides is 1. The molecule has 1 aromatic rings. The molecule has 0 bridgehead atoms. The van der Waals surface area contributed by atoms with Crippen molar-refractivity contribution in [1.29, 1.82) is 0 Å². The van der Waals surface area contributed by atoms with Crippen molar-refractivity contribution in [2.24, 2.45) is 17.6 Å². The summed E-state index contributed by atoms with van der Waals surface area (Å²) < 4.78 is 5.96. The zero-order chi connectivity index (χ0) is 15.5. The Bertz CT molecular complexity index is 505. The second kappa shape index (κ2) is 6.80. The molecule has 1 aromatic carbocycles. The van der Waals surface area contributed by atoms with Gasteiger partial charge in [0.25, 0.3) is 0 Å². The van der Waals surface area contributed by atoms with Gasteiger partial charge in [-0.05, 0) is 30.7 Å². The normalized spacial score (nSPS) is 32.7. The van der Waals surface area contributed by atoms with Crippen LogP contribution in [0, 0.1) is 11.8 Å². The van der Waals surface area contributed by atoms with E-state index < -0.39 is 0 Å². The van der Waals surface area contributed by atoms with Gasteiger partial charge in [0, 0.05) is 25.7 Å². The molecule has 2 fully saturated rings. The molecule has 2 saturated heterocycles. The smallest absolute Gasteiger partial charge is 0.228 e. The summed E-state index contributed by atoms with van der Waals surface area (Å²) in [5.74, 6) is 0.558. The summed E-state index contributed by atoms with van der Waals surface area (Å²) in [5.41, 5.74) is 7.19. The minimum Gasteiger partial charge on any atom is -0.373 e. The number of hydrogen-bond acceptors (Lipinski definition) is 3. The Morgan fingerprint density at radius 2 is 2.05 bits per heavy atom. The summed E-state index contributed by atoms with van der Waals surface area (Å²) >= 11 is 0. The van der Waals surface area contributed by atoms with Gasteiger partial charge in [0.1, 0.15) is 0 Å². The standard InChI is InChI=1S/C18H26N2O2/c1-13-12-20(10-9-16(13)19)18(21)15-8-5-11-22-17(15)14-6-3-2-4-7-14/h2-4,6-7,13,15-17H,5,8-12,19H2,1H3. The monoisotopic (exact) mass is 302 g/mol. The van der Waals surface area contributed by atoms with Crippen molar-refractivity contribution < 1.29 is 9.53 Å². The topological polar surface area (TPSA) is 55.6 Å². The van der Waals surface area contributed by atoms with Gasteiger partial charge in [0.05, 0.1) is 12.0 Å². The molecule has 120 valence electrons. The van der Waals surface area contributed by atoms with E-state index in [2.05, 4.69) is 19.1 Å². The van der Waals surface area contributed by atoms with Gasteiger partial charge in [-0.25, -0.2) is 0 Å². The largest absolute Gasteiger partial charge is 0.373 e. The van der Waals surface area contributed by atoms with Crippen LogP contribution in [0.3, 0.4) is 0 Å². The van der Waals surface area contributed by atoms with Crippen molar-refractivity contribution in [3.63, 3.8) is 0 Å². The van der Waals surface area contributed by atoms with Gasteiger partial charge in [-0.2, -0.15) is 0 Å². The van der Waals surface area contributed by atoms with Crippen molar-refractivity contribution in [3.05, 3.63) is 35.9 Å². The molecule has 4 nitrogen and oxygen atoms in total. The van der Waals surface area contributed by atoms with Gasteiger partial charge in [-0.3, -0.25) is 4.79 Å². The van der Waals surface area contributed by atoms with E-state index in [0.717, 1.165) is 44.5 Å². The SMILES string of the molecule is CC1CN(C(=O)C2CCCOC2c2ccccc2)CCC1N. The van der Waals surface area contributed by atoms with Gasteiger partial charge in [-0.15, -0.1) is 0 Å². The van der Waals surface area contributed by atoms with Crippen molar-refractivity contribution in [3.8, 4) is 0 Å². The molecule has 2 N–H and O–H groups in total. The molecular formula is C18H26N2O2. The highest BCUT2D eigenvalue weighted by atomic mass is 16.5. The number of benzene rings is 1. The Morgan fingerprint density at radius 1 is 1.27 bits per heavy atom. The maximum atomic E-state index is 13.0. The fourth-order valence-electron chi connectivity index (χ4n) is 3.60. The third kappa shape index (κ3) is 3.18. The molecule has 0 spiro atoms. The fourth-order valence-corrected chi connectivity index (χ4v) is 3.60. The summed E-state index contributed by atoms with van der Waals surface area (Å²) in [6.45, 7) is 4.43. The Kier molecular flexibility index (Phi) is 4.79. The lowest BCUT2D eigenvalue weighted by molar-refractivity contribution is -0.147. The minimum absolute atomic E-state index is 0.0577. The van der Waals surface area contributed by atoms with Crippen LogP contribution < -0.4 is 5.73 Å². The zero-order valence-corrected chi connectivity index (χ0v) is 13.3. The van der Waals surface area contributed by atoms with E-state index in [1.165, 1.54) is 0 Å². The van der Waals surface area contributed by atoms with Crippen LogP contribution in [-0.2, 0) is 9.53 Å². The molecule has 3 rings (SSSR count). The highest BCUT2D eigenvalue weighted by Crippen LogP contribution is 2.35.